The first-order chi connectivity index (χ1) is 13.6. The highest BCUT2D eigenvalue weighted by molar-refractivity contribution is 8.00. The van der Waals surface area contributed by atoms with Crippen molar-refractivity contribution in [3.63, 3.8) is 0 Å². The van der Waals surface area contributed by atoms with Crippen molar-refractivity contribution in [1.29, 1.82) is 0 Å². The molecule has 1 atom stereocenters. The Hall–Kier alpha value is -2.51. The molecule has 6 nitrogen and oxygen atoms in total. The summed E-state index contributed by atoms with van der Waals surface area (Å²) in [6, 6.07) is 16.7. The summed E-state index contributed by atoms with van der Waals surface area (Å²) in [5.41, 5.74) is 0.884. The fraction of sp³-hybridized carbons (Fsp3) is 0.250. The number of amides is 1. The minimum absolute atomic E-state index is 0.0162. The predicted molar refractivity (Wildman–Crippen MR) is 112 cm³/mol. The van der Waals surface area contributed by atoms with Gasteiger partial charge in [-0.25, -0.2) is 4.98 Å². The van der Waals surface area contributed by atoms with Crippen molar-refractivity contribution in [1.82, 2.24) is 15.2 Å². The fourth-order valence-electron chi connectivity index (χ4n) is 2.58. The molecule has 8 heteroatoms. The van der Waals surface area contributed by atoms with Crippen LogP contribution in [0.5, 0.6) is 5.75 Å². The molecule has 28 heavy (non-hydrogen) atoms. The Morgan fingerprint density at radius 3 is 2.61 bits per heavy atom. The fourth-order valence-corrected chi connectivity index (χ4v) is 3.51. The number of rotatable bonds is 8. The number of benzene rings is 2. The Morgan fingerprint density at radius 2 is 1.93 bits per heavy atom. The van der Waals surface area contributed by atoms with Gasteiger partial charge in [-0.15, -0.1) is 5.10 Å². The van der Waals surface area contributed by atoms with Gasteiger partial charge in [0.1, 0.15) is 12.4 Å². The summed E-state index contributed by atoms with van der Waals surface area (Å²) in [5, 5.41) is 7.88. The molecule has 0 aliphatic carbocycles. The highest BCUT2D eigenvalue weighted by atomic mass is 35.5. The molecule has 3 aromatic rings. The van der Waals surface area contributed by atoms with Gasteiger partial charge in [-0.1, -0.05) is 41.6 Å². The van der Waals surface area contributed by atoms with Crippen LogP contribution in [0.3, 0.4) is 0 Å². The van der Waals surface area contributed by atoms with Crippen LogP contribution in [-0.4, -0.2) is 32.9 Å². The summed E-state index contributed by atoms with van der Waals surface area (Å²) in [6.07, 6.45) is 0. The quantitative estimate of drug-likeness (QED) is 0.544. The molecule has 3 rings (SSSR count). The molecule has 1 heterocycles. The second-order valence-electron chi connectivity index (χ2n) is 5.99. The van der Waals surface area contributed by atoms with E-state index in [1.54, 1.807) is 29.2 Å². The maximum Gasteiger partial charge on any atom is 0.240 e. The third-order valence-corrected chi connectivity index (χ3v) is 5.18. The topological polar surface area (TPSA) is 71.1 Å². The minimum Gasteiger partial charge on any atom is -0.486 e. The first kappa shape index (κ1) is 20.2. The second kappa shape index (κ2) is 9.61. The van der Waals surface area contributed by atoms with Crippen molar-refractivity contribution in [3.8, 4) is 5.75 Å². The third kappa shape index (κ3) is 5.27. The van der Waals surface area contributed by atoms with E-state index >= 15 is 0 Å². The molecule has 1 aromatic heterocycles. The van der Waals surface area contributed by atoms with E-state index in [1.807, 2.05) is 44.2 Å². The van der Waals surface area contributed by atoms with E-state index in [4.69, 9.17) is 16.3 Å². The zero-order valence-corrected chi connectivity index (χ0v) is 17.2. The van der Waals surface area contributed by atoms with E-state index in [1.165, 1.54) is 11.8 Å². The molecule has 0 bridgehead atoms. The maximum absolute atomic E-state index is 12.8. The number of ether oxygens (including phenoxy) is 1. The molecule has 0 aliphatic rings. The van der Waals surface area contributed by atoms with Gasteiger partial charge in [-0.05, 0) is 50.2 Å². The Labute approximate surface area is 173 Å². The van der Waals surface area contributed by atoms with Crippen molar-refractivity contribution in [3.05, 3.63) is 65.4 Å². The van der Waals surface area contributed by atoms with Gasteiger partial charge in [0.2, 0.25) is 11.1 Å². The molecule has 0 saturated heterocycles. The Bertz CT molecular complexity index is 902. The predicted octanol–water partition coefficient (Wildman–Crippen LogP) is 4.57. The Morgan fingerprint density at radius 1 is 1.21 bits per heavy atom. The lowest BCUT2D eigenvalue weighted by Crippen LogP contribution is -2.36. The number of halogens is 1. The van der Waals surface area contributed by atoms with Crippen LogP contribution in [0.15, 0.2) is 59.8 Å². The van der Waals surface area contributed by atoms with Crippen molar-refractivity contribution in [2.45, 2.75) is 30.9 Å². The van der Waals surface area contributed by atoms with E-state index < -0.39 is 0 Å². The standard InChI is InChI=1S/C20H21ClN4O2S/c1-3-25(16-7-5-4-6-8-16)19(26)14(2)28-20-22-18(23-24-20)13-27-17-11-9-15(21)10-12-17/h4-12,14H,3,13H2,1-2H3,(H,22,23,24). The molecular weight excluding hydrogens is 396 g/mol. The monoisotopic (exact) mass is 416 g/mol. The number of nitrogens with one attached hydrogen (secondary N) is 1. The number of hydrogen-bond acceptors (Lipinski definition) is 5. The lowest BCUT2D eigenvalue weighted by Gasteiger charge is -2.23. The van der Waals surface area contributed by atoms with E-state index in [0.29, 0.717) is 28.3 Å². The van der Waals surface area contributed by atoms with Crippen LogP contribution in [0.2, 0.25) is 5.02 Å². The molecule has 0 radical (unpaired) electrons. The molecule has 1 amide bonds. The third-order valence-electron chi connectivity index (χ3n) is 3.98. The second-order valence-corrected chi connectivity index (χ2v) is 7.73. The Balaban J connectivity index is 1.57. The highest BCUT2D eigenvalue weighted by Crippen LogP contribution is 2.24. The largest absolute Gasteiger partial charge is 0.486 e. The van der Waals surface area contributed by atoms with Gasteiger partial charge in [0.25, 0.3) is 0 Å². The lowest BCUT2D eigenvalue weighted by atomic mass is 10.2. The highest BCUT2D eigenvalue weighted by Gasteiger charge is 2.23. The molecule has 1 N–H and O–H groups in total. The number of nitrogens with zero attached hydrogens (tertiary/aromatic N) is 3. The number of anilines is 1. The molecule has 0 fully saturated rings. The lowest BCUT2D eigenvalue weighted by molar-refractivity contribution is -0.117. The average molecular weight is 417 g/mol. The molecular formula is C20H21ClN4O2S. The summed E-state index contributed by atoms with van der Waals surface area (Å²) >= 11 is 7.18. The van der Waals surface area contributed by atoms with E-state index in [0.717, 1.165) is 5.69 Å². The van der Waals surface area contributed by atoms with E-state index in [2.05, 4.69) is 15.2 Å². The zero-order chi connectivity index (χ0) is 19.9. The first-order valence-corrected chi connectivity index (χ1v) is 10.1. The average Bonchev–Trinajstić information content (AvgIpc) is 3.16. The summed E-state index contributed by atoms with van der Waals surface area (Å²) < 4.78 is 5.65. The minimum atomic E-state index is -0.319. The number of thioether (sulfide) groups is 1. The van der Waals surface area contributed by atoms with Crippen molar-refractivity contribution >= 4 is 35.0 Å². The van der Waals surface area contributed by atoms with Gasteiger partial charge in [-0.3, -0.25) is 9.89 Å². The van der Waals surface area contributed by atoms with E-state index in [9.17, 15) is 4.79 Å². The molecule has 2 aromatic carbocycles. The number of para-hydroxylation sites is 1. The maximum atomic E-state index is 12.8. The number of carbonyl (C=O) groups excluding carboxylic acids is 1. The van der Waals surface area contributed by atoms with Crippen LogP contribution in [0.4, 0.5) is 5.69 Å². The van der Waals surface area contributed by atoms with Gasteiger partial charge >= 0.3 is 0 Å². The van der Waals surface area contributed by atoms with Gasteiger partial charge in [-0.2, -0.15) is 0 Å². The normalized spacial score (nSPS) is 11.8. The number of carbonyl (C=O) groups is 1. The zero-order valence-electron chi connectivity index (χ0n) is 15.6. The van der Waals surface area contributed by atoms with Crippen LogP contribution in [0.25, 0.3) is 0 Å². The van der Waals surface area contributed by atoms with Crippen molar-refractivity contribution < 1.29 is 9.53 Å². The SMILES string of the molecule is CCN(C(=O)C(C)Sc1n[nH]c(COc2ccc(Cl)cc2)n1)c1ccccc1. The number of hydrogen-bond donors (Lipinski definition) is 1. The number of aromatic amines is 1. The number of aromatic nitrogens is 3. The molecule has 0 spiro atoms. The smallest absolute Gasteiger partial charge is 0.240 e. The first-order valence-electron chi connectivity index (χ1n) is 8.89. The summed E-state index contributed by atoms with van der Waals surface area (Å²) in [6.45, 7) is 4.67. The van der Waals surface area contributed by atoms with Crippen molar-refractivity contribution in [2.24, 2.45) is 0 Å². The summed E-state index contributed by atoms with van der Waals surface area (Å²) in [5.74, 6) is 1.30. The summed E-state index contributed by atoms with van der Waals surface area (Å²) in [7, 11) is 0. The van der Waals surface area contributed by atoms with Gasteiger partial charge in [0, 0.05) is 17.3 Å². The van der Waals surface area contributed by atoms with E-state index in [-0.39, 0.29) is 17.8 Å². The van der Waals surface area contributed by atoms with Crippen LogP contribution in [-0.2, 0) is 11.4 Å². The molecule has 0 saturated carbocycles. The number of H-pyrrole nitrogens is 1. The molecule has 1 unspecified atom stereocenters. The van der Waals surface area contributed by atoms with Gasteiger partial charge in [0.15, 0.2) is 5.82 Å². The van der Waals surface area contributed by atoms with Crippen LogP contribution in [0.1, 0.15) is 19.7 Å². The summed E-state index contributed by atoms with van der Waals surface area (Å²) in [4.78, 5) is 19.0. The van der Waals surface area contributed by atoms with Gasteiger partial charge in [0.05, 0.1) is 5.25 Å². The molecule has 0 aliphatic heterocycles. The Kier molecular flexibility index (Phi) is 6.95. The van der Waals surface area contributed by atoms with Crippen LogP contribution in [0, 0.1) is 0 Å². The van der Waals surface area contributed by atoms with Crippen LogP contribution >= 0.6 is 23.4 Å². The molecule has 146 valence electrons. The van der Waals surface area contributed by atoms with Crippen LogP contribution < -0.4 is 9.64 Å². The van der Waals surface area contributed by atoms with Gasteiger partial charge < -0.3 is 9.64 Å². The van der Waals surface area contributed by atoms with Crippen molar-refractivity contribution in [2.75, 3.05) is 11.4 Å².